The van der Waals surface area contributed by atoms with Gasteiger partial charge in [-0.15, -0.1) is 6.58 Å². The van der Waals surface area contributed by atoms with Crippen molar-refractivity contribution in [1.29, 1.82) is 0 Å². The lowest BCUT2D eigenvalue weighted by Crippen LogP contribution is -2.38. The summed E-state index contributed by atoms with van der Waals surface area (Å²) in [5.41, 5.74) is 0. The molecule has 100 valence electrons. The van der Waals surface area contributed by atoms with Crippen LogP contribution in [-0.2, 0) is 0 Å². The second-order valence-electron chi connectivity index (χ2n) is 4.17. The number of likely N-dealkylation sites (N-methyl/N-ethyl adjacent to an activating group) is 1. The molecule has 0 radical (unpaired) electrons. The molecule has 1 atom stereocenters. The maximum absolute atomic E-state index is 4.51. The second-order valence-corrected chi connectivity index (χ2v) is 4.17. The number of hydrogen-bond donors (Lipinski definition) is 2. The van der Waals surface area contributed by atoms with Crippen LogP contribution in [0.5, 0.6) is 0 Å². The minimum absolute atomic E-state index is 0.619. The molecule has 4 heteroatoms. The summed E-state index contributed by atoms with van der Waals surface area (Å²) >= 11 is 0. The Morgan fingerprint density at radius 3 is 2.65 bits per heavy atom. The highest BCUT2D eigenvalue weighted by Gasteiger charge is 2.05. The van der Waals surface area contributed by atoms with E-state index in [2.05, 4.69) is 54.9 Å². The van der Waals surface area contributed by atoms with Gasteiger partial charge in [-0.3, -0.25) is 4.99 Å². The summed E-state index contributed by atoms with van der Waals surface area (Å²) in [5, 5.41) is 6.40. The third-order valence-electron chi connectivity index (χ3n) is 2.82. The van der Waals surface area contributed by atoms with Gasteiger partial charge >= 0.3 is 0 Å². The topological polar surface area (TPSA) is 39.7 Å². The van der Waals surface area contributed by atoms with Crippen LogP contribution < -0.4 is 10.6 Å². The van der Waals surface area contributed by atoms with E-state index in [4.69, 9.17) is 0 Å². The van der Waals surface area contributed by atoms with E-state index in [0.29, 0.717) is 6.04 Å². The molecule has 0 amide bonds. The van der Waals surface area contributed by atoms with Crippen molar-refractivity contribution in [1.82, 2.24) is 15.5 Å². The van der Waals surface area contributed by atoms with E-state index in [9.17, 15) is 0 Å². The van der Waals surface area contributed by atoms with Crippen LogP contribution in [0.1, 0.15) is 27.2 Å². The lowest BCUT2D eigenvalue weighted by Gasteiger charge is -2.22. The summed E-state index contributed by atoms with van der Waals surface area (Å²) in [4.78, 5) is 6.85. The van der Waals surface area contributed by atoms with Gasteiger partial charge < -0.3 is 15.5 Å². The lowest BCUT2D eigenvalue weighted by atomic mass is 10.2. The summed E-state index contributed by atoms with van der Waals surface area (Å²) < 4.78 is 0. The van der Waals surface area contributed by atoms with Crippen molar-refractivity contribution in [2.75, 3.05) is 33.2 Å². The molecule has 0 aromatic carbocycles. The fourth-order valence-corrected chi connectivity index (χ4v) is 1.36. The van der Waals surface area contributed by atoms with Crippen molar-refractivity contribution in [3.8, 4) is 0 Å². The normalized spacial score (nSPS) is 13.6. The average Bonchev–Trinajstić information content (AvgIpc) is 2.34. The first-order valence-corrected chi connectivity index (χ1v) is 6.48. The highest BCUT2D eigenvalue weighted by Crippen LogP contribution is 1.98. The van der Waals surface area contributed by atoms with Crippen molar-refractivity contribution in [3.63, 3.8) is 0 Å². The minimum atomic E-state index is 0.619. The Morgan fingerprint density at radius 1 is 1.41 bits per heavy atom. The zero-order chi connectivity index (χ0) is 13.1. The van der Waals surface area contributed by atoms with E-state index in [1.165, 1.54) is 6.42 Å². The van der Waals surface area contributed by atoms with E-state index in [1.807, 2.05) is 6.08 Å². The molecule has 0 saturated heterocycles. The van der Waals surface area contributed by atoms with E-state index >= 15 is 0 Å². The average molecular weight is 240 g/mol. The molecule has 0 aliphatic heterocycles. The molecular formula is C13H28N4. The number of aliphatic imine (C=N–C) groups is 1. The Bertz CT molecular complexity index is 225. The van der Waals surface area contributed by atoms with Crippen LogP contribution in [0.15, 0.2) is 17.6 Å². The molecule has 0 aliphatic carbocycles. The van der Waals surface area contributed by atoms with Gasteiger partial charge in [0.2, 0.25) is 0 Å². The molecule has 0 aliphatic rings. The van der Waals surface area contributed by atoms with Gasteiger partial charge in [-0.25, -0.2) is 0 Å². The van der Waals surface area contributed by atoms with Crippen LogP contribution in [0.4, 0.5) is 0 Å². The quantitative estimate of drug-likeness (QED) is 0.383. The highest BCUT2D eigenvalue weighted by molar-refractivity contribution is 5.79. The van der Waals surface area contributed by atoms with Crippen LogP contribution in [0.25, 0.3) is 0 Å². The monoisotopic (exact) mass is 240 g/mol. The van der Waals surface area contributed by atoms with Gasteiger partial charge in [0.15, 0.2) is 5.96 Å². The number of rotatable bonds is 8. The molecule has 0 bridgehead atoms. The molecule has 17 heavy (non-hydrogen) atoms. The minimum Gasteiger partial charge on any atom is -0.357 e. The standard InChI is InChI=1S/C13H28N4/c1-6-9-15-13(14-8-3)16-10-11-17(5)12(4)7-2/h6,12H,1,7-11H2,2-5H3,(H2,14,15,16). The maximum Gasteiger partial charge on any atom is 0.191 e. The van der Waals surface area contributed by atoms with Crippen molar-refractivity contribution >= 4 is 5.96 Å². The van der Waals surface area contributed by atoms with E-state index in [-0.39, 0.29) is 0 Å². The zero-order valence-electron chi connectivity index (χ0n) is 11.8. The molecule has 0 aromatic rings. The summed E-state index contributed by atoms with van der Waals surface area (Å²) in [7, 11) is 2.15. The number of nitrogens with one attached hydrogen (secondary N) is 2. The van der Waals surface area contributed by atoms with Crippen LogP contribution in [-0.4, -0.2) is 50.1 Å². The fraction of sp³-hybridized carbons (Fsp3) is 0.769. The zero-order valence-corrected chi connectivity index (χ0v) is 11.8. The van der Waals surface area contributed by atoms with Crippen LogP contribution in [0, 0.1) is 0 Å². The lowest BCUT2D eigenvalue weighted by molar-refractivity contribution is 0.259. The number of hydrogen-bond acceptors (Lipinski definition) is 2. The Labute approximate surface area is 106 Å². The Morgan fingerprint density at radius 2 is 2.12 bits per heavy atom. The molecule has 0 saturated carbocycles. The van der Waals surface area contributed by atoms with E-state index < -0.39 is 0 Å². The third kappa shape index (κ3) is 7.80. The van der Waals surface area contributed by atoms with Crippen LogP contribution in [0.2, 0.25) is 0 Å². The predicted molar refractivity (Wildman–Crippen MR) is 76.6 cm³/mol. The van der Waals surface area contributed by atoms with Crippen LogP contribution in [0.3, 0.4) is 0 Å². The third-order valence-corrected chi connectivity index (χ3v) is 2.82. The molecule has 0 heterocycles. The van der Waals surface area contributed by atoms with Gasteiger partial charge in [-0.05, 0) is 27.3 Å². The van der Waals surface area contributed by atoms with Gasteiger partial charge in [0.1, 0.15) is 0 Å². The van der Waals surface area contributed by atoms with E-state index in [0.717, 1.165) is 32.1 Å². The predicted octanol–water partition coefficient (Wildman–Crippen LogP) is 1.46. The van der Waals surface area contributed by atoms with Gasteiger partial charge in [0.05, 0.1) is 6.54 Å². The number of nitrogens with zero attached hydrogens (tertiary/aromatic N) is 2. The molecule has 0 rings (SSSR count). The molecule has 2 N–H and O–H groups in total. The second kappa shape index (κ2) is 10.1. The van der Waals surface area contributed by atoms with Crippen molar-refractivity contribution in [2.45, 2.75) is 33.2 Å². The van der Waals surface area contributed by atoms with Gasteiger partial charge in [0, 0.05) is 25.7 Å². The summed E-state index contributed by atoms with van der Waals surface area (Å²) in [5.74, 6) is 0.866. The van der Waals surface area contributed by atoms with Crippen molar-refractivity contribution < 1.29 is 0 Å². The Hall–Kier alpha value is -1.03. The number of guanidine groups is 1. The smallest absolute Gasteiger partial charge is 0.191 e. The first kappa shape index (κ1) is 16.0. The summed E-state index contributed by atoms with van der Waals surface area (Å²) in [6, 6.07) is 0.619. The SMILES string of the molecule is C=CCNC(=NCCN(C)C(C)CC)NCC. The molecule has 0 aromatic heterocycles. The fourth-order valence-electron chi connectivity index (χ4n) is 1.36. The van der Waals surface area contributed by atoms with Crippen molar-refractivity contribution in [3.05, 3.63) is 12.7 Å². The Kier molecular flexibility index (Phi) is 9.53. The summed E-state index contributed by atoms with van der Waals surface area (Å²) in [6.07, 6.45) is 3.01. The highest BCUT2D eigenvalue weighted by atomic mass is 15.2. The van der Waals surface area contributed by atoms with Gasteiger partial charge in [0.25, 0.3) is 0 Å². The molecule has 4 nitrogen and oxygen atoms in total. The van der Waals surface area contributed by atoms with Crippen molar-refractivity contribution in [2.24, 2.45) is 4.99 Å². The molecule has 0 spiro atoms. The largest absolute Gasteiger partial charge is 0.357 e. The van der Waals surface area contributed by atoms with Gasteiger partial charge in [-0.1, -0.05) is 13.0 Å². The maximum atomic E-state index is 4.51. The summed E-state index contributed by atoms with van der Waals surface area (Å²) in [6.45, 7) is 13.6. The molecule has 0 fully saturated rings. The molecular weight excluding hydrogens is 212 g/mol. The Balaban J connectivity index is 4.01. The van der Waals surface area contributed by atoms with Crippen LogP contribution >= 0.6 is 0 Å². The first-order chi connectivity index (χ1) is 8.15. The van der Waals surface area contributed by atoms with Gasteiger partial charge in [-0.2, -0.15) is 0 Å². The first-order valence-electron chi connectivity index (χ1n) is 6.48. The molecule has 1 unspecified atom stereocenters. The van der Waals surface area contributed by atoms with E-state index in [1.54, 1.807) is 0 Å².